The lowest BCUT2D eigenvalue weighted by Gasteiger charge is -2.10. The predicted octanol–water partition coefficient (Wildman–Crippen LogP) is 2.78. The van der Waals surface area contributed by atoms with Crippen LogP contribution < -0.4 is 0 Å². The topological polar surface area (TPSA) is 47.3 Å². The molecule has 98 valence electrons. The number of rotatable bonds is 5. The Kier molecular flexibility index (Phi) is 4.22. The second-order valence-electron chi connectivity index (χ2n) is 4.13. The molecule has 0 aliphatic rings. The number of aromatic nitrogens is 2. The molecule has 0 saturated heterocycles. The Bertz CT molecular complexity index is 537. The lowest BCUT2D eigenvalue weighted by Crippen LogP contribution is -2.11. The number of aliphatic hydroxyl groups is 1. The van der Waals surface area contributed by atoms with Crippen LogP contribution >= 0.6 is 11.6 Å². The first-order valence-corrected chi connectivity index (χ1v) is 6.42. The van der Waals surface area contributed by atoms with Crippen molar-refractivity contribution in [2.24, 2.45) is 0 Å². The monoisotopic (exact) mass is 268 g/mol. The number of benzene rings is 1. The molecule has 1 aromatic heterocycles. The zero-order valence-electron chi connectivity index (χ0n) is 10.6. The first-order valence-electron chi connectivity index (χ1n) is 6.05. The quantitative estimate of drug-likeness (QED) is 0.849. The molecule has 0 fully saturated rings. The van der Waals surface area contributed by atoms with Crippen LogP contribution in [0, 0.1) is 0 Å². The average molecular weight is 269 g/mol. The Morgan fingerprint density at radius 3 is 2.94 bits per heavy atom. The van der Waals surface area contributed by atoms with Gasteiger partial charge >= 0.3 is 0 Å². The second kappa shape index (κ2) is 5.69. The molecule has 2 aromatic rings. The molecule has 4 nitrogen and oxygen atoms in total. The fraction of sp³-hybridized carbons (Fsp3) is 0.462. The van der Waals surface area contributed by atoms with E-state index in [0.717, 1.165) is 11.0 Å². The Morgan fingerprint density at radius 1 is 1.50 bits per heavy atom. The molecule has 1 aromatic carbocycles. The molecule has 0 unspecified atom stereocenters. The number of halogens is 1. The molecule has 5 heteroatoms. The summed E-state index contributed by atoms with van der Waals surface area (Å²) in [5, 5.41) is 10.4. The molecule has 0 bridgehead atoms. The molecule has 1 N–H and O–H groups in total. The summed E-state index contributed by atoms with van der Waals surface area (Å²) < 4.78 is 7.32. The molecular formula is C13H17ClN2O2. The molecule has 0 radical (unpaired) electrons. The maximum Gasteiger partial charge on any atom is 0.138 e. The minimum atomic E-state index is -0.613. The smallest absolute Gasteiger partial charge is 0.138 e. The van der Waals surface area contributed by atoms with E-state index in [9.17, 15) is 5.11 Å². The van der Waals surface area contributed by atoms with E-state index in [0.29, 0.717) is 30.6 Å². The van der Waals surface area contributed by atoms with Gasteiger partial charge in [0.05, 0.1) is 17.6 Å². The minimum absolute atomic E-state index is 0.591. The van der Waals surface area contributed by atoms with E-state index in [2.05, 4.69) is 4.98 Å². The van der Waals surface area contributed by atoms with Crippen LogP contribution in [-0.2, 0) is 11.3 Å². The summed E-state index contributed by atoms with van der Waals surface area (Å²) in [6.45, 7) is 5.59. The van der Waals surface area contributed by atoms with E-state index in [4.69, 9.17) is 16.3 Å². The molecule has 2 rings (SSSR count). The average Bonchev–Trinajstić information content (AvgIpc) is 2.68. The highest BCUT2D eigenvalue weighted by Gasteiger charge is 2.14. The van der Waals surface area contributed by atoms with Crippen LogP contribution in [0.15, 0.2) is 18.2 Å². The van der Waals surface area contributed by atoms with Crippen molar-refractivity contribution in [3.05, 3.63) is 29.0 Å². The van der Waals surface area contributed by atoms with E-state index in [1.165, 1.54) is 0 Å². The zero-order chi connectivity index (χ0) is 13.1. The largest absolute Gasteiger partial charge is 0.385 e. The Balaban J connectivity index is 2.43. The van der Waals surface area contributed by atoms with Crippen LogP contribution in [0.4, 0.5) is 0 Å². The van der Waals surface area contributed by atoms with Crippen molar-refractivity contribution in [2.45, 2.75) is 26.5 Å². The van der Waals surface area contributed by atoms with Crippen molar-refractivity contribution >= 4 is 22.6 Å². The van der Waals surface area contributed by atoms with Crippen LogP contribution in [0.3, 0.4) is 0 Å². The maximum atomic E-state index is 9.77. The van der Waals surface area contributed by atoms with Gasteiger partial charge in [-0.1, -0.05) is 11.6 Å². The number of aliphatic hydroxyl groups excluding tert-OH is 1. The van der Waals surface area contributed by atoms with Crippen LogP contribution in [0.2, 0.25) is 5.02 Å². The van der Waals surface area contributed by atoms with Gasteiger partial charge in [-0.15, -0.1) is 0 Å². The van der Waals surface area contributed by atoms with Crippen LogP contribution in [0.25, 0.3) is 11.0 Å². The molecular weight excluding hydrogens is 252 g/mol. The minimum Gasteiger partial charge on any atom is -0.385 e. The van der Waals surface area contributed by atoms with Crippen LogP contribution in [-0.4, -0.2) is 27.9 Å². The first kappa shape index (κ1) is 13.3. The lowest BCUT2D eigenvalue weighted by atomic mass is 10.3. The van der Waals surface area contributed by atoms with Crippen molar-refractivity contribution in [1.82, 2.24) is 9.55 Å². The van der Waals surface area contributed by atoms with Gasteiger partial charge in [0.15, 0.2) is 0 Å². The van der Waals surface area contributed by atoms with Gasteiger partial charge in [-0.2, -0.15) is 0 Å². The van der Waals surface area contributed by atoms with Crippen molar-refractivity contribution in [1.29, 1.82) is 0 Å². The van der Waals surface area contributed by atoms with Gasteiger partial charge in [0.1, 0.15) is 11.9 Å². The molecule has 18 heavy (non-hydrogen) atoms. The molecule has 0 saturated carbocycles. The summed E-state index contributed by atoms with van der Waals surface area (Å²) in [4.78, 5) is 4.43. The SMILES string of the molecule is CCOCCn1c([C@@H](C)O)nc2ccc(Cl)cc21. The predicted molar refractivity (Wildman–Crippen MR) is 71.9 cm³/mol. The Hall–Kier alpha value is -1.10. The Morgan fingerprint density at radius 2 is 2.28 bits per heavy atom. The van der Waals surface area contributed by atoms with Gasteiger partial charge in [-0.05, 0) is 32.0 Å². The summed E-state index contributed by atoms with van der Waals surface area (Å²) in [7, 11) is 0. The Labute approximate surface area is 111 Å². The molecule has 0 spiro atoms. The molecule has 0 aliphatic carbocycles. The number of fused-ring (bicyclic) bond motifs is 1. The van der Waals surface area contributed by atoms with Crippen molar-refractivity contribution < 1.29 is 9.84 Å². The fourth-order valence-electron chi connectivity index (χ4n) is 1.97. The third-order valence-corrected chi connectivity index (χ3v) is 3.01. The number of hydrogen-bond acceptors (Lipinski definition) is 3. The van der Waals surface area contributed by atoms with E-state index < -0.39 is 6.10 Å². The zero-order valence-corrected chi connectivity index (χ0v) is 11.3. The second-order valence-corrected chi connectivity index (χ2v) is 4.56. The van der Waals surface area contributed by atoms with E-state index >= 15 is 0 Å². The van der Waals surface area contributed by atoms with Gasteiger partial charge in [0, 0.05) is 18.2 Å². The third kappa shape index (κ3) is 2.66. The lowest BCUT2D eigenvalue weighted by molar-refractivity contribution is 0.134. The molecule has 0 amide bonds. The van der Waals surface area contributed by atoms with Crippen molar-refractivity contribution in [2.75, 3.05) is 13.2 Å². The first-order chi connectivity index (χ1) is 8.63. The highest BCUT2D eigenvalue weighted by Crippen LogP contribution is 2.23. The summed E-state index contributed by atoms with van der Waals surface area (Å²) >= 11 is 6.01. The summed E-state index contributed by atoms with van der Waals surface area (Å²) in [6.07, 6.45) is -0.613. The van der Waals surface area contributed by atoms with Gasteiger partial charge in [-0.3, -0.25) is 0 Å². The number of ether oxygens (including phenoxy) is 1. The molecule has 0 aliphatic heterocycles. The van der Waals surface area contributed by atoms with Crippen molar-refractivity contribution in [3.63, 3.8) is 0 Å². The van der Waals surface area contributed by atoms with Gasteiger partial charge < -0.3 is 14.4 Å². The van der Waals surface area contributed by atoms with Crippen LogP contribution in [0.5, 0.6) is 0 Å². The third-order valence-electron chi connectivity index (χ3n) is 2.78. The normalized spacial score (nSPS) is 13.1. The number of hydrogen-bond donors (Lipinski definition) is 1. The highest BCUT2D eigenvalue weighted by molar-refractivity contribution is 6.31. The van der Waals surface area contributed by atoms with Gasteiger partial charge in [-0.25, -0.2) is 4.98 Å². The van der Waals surface area contributed by atoms with Gasteiger partial charge in [0.25, 0.3) is 0 Å². The number of imidazole rings is 1. The van der Waals surface area contributed by atoms with Crippen LogP contribution in [0.1, 0.15) is 25.8 Å². The summed E-state index contributed by atoms with van der Waals surface area (Å²) in [5.74, 6) is 0.645. The molecule has 1 heterocycles. The van der Waals surface area contributed by atoms with Crippen molar-refractivity contribution in [3.8, 4) is 0 Å². The van der Waals surface area contributed by atoms with E-state index in [1.807, 2.05) is 23.6 Å². The summed E-state index contributed by atoms with van der Waals surface area (Å²) in [6, 6.07) is 5.53. The standard InChI is InChI=1S/C13H17ClN2O2/c1-3-18-7-6-16-12-8-10(14)4-5-11(12)15-13(16)9(2)17/h4-5,8-9,17H,3,6-7H2,1-2H3/t9-/m1/s1. The van der Waals surface area contributed by atoms with E-state index in [1.54, 1.807) is 13.0 Å². The van der Waals surface area contributed by atoms with Gasteiger partial charge in [0.2, 0.25) is 0 Å². The van der Waals surface area contributed by atoms with E-state index in [-0.39, 0.29) is 0 Å². The number of nitrogens with zero attached hydrogens (tertiary/aromatic N) is 2. The fourth-order valence-corrected chi connectivity index (χ4v) is 2.13. The highest BCUT2D eigenvalue weighted by atomic mass is 35.5. The summed E-state index contributed by atoms with van der Waals surface area (Å²) in [5.41, 5.74) is 1.77. The molecule has 1 atom stereocenters. The maximum absolute atomic E-state index is 9.77.